The van der Waals surface area contributed by atoms with E-state index in [0.717, 1.165) is 5.75 Å². The van der Waals surface area contributed by atoms with Crippen LogP contribution in [0, 0.1) is 0 Å². The van der Waals surface area contributed by atoms with Gasteiger partial charge in [0.25, 0.3) is 11.8 Å². The second-order valence-electron chi connectivity index (χ2n) is 5.38. The minimum Gasteiger partial charge on any atom is -0.492 e. The number of hydrogen-bond donors (Lipinski definition) is 2. The van der Waals surface area contributed by atoms with E-state index < -0.39 is 0 Å². The summed E-state index contributed by atoms with van der Waals surface area (Å²) >= 11 is 3.30. The molecule has 0 fully saturated rings. The summed E-state index contributed by atoms with van der Waals surface area (Å²) < 4.78 is 6.24. The number of halogens is 1. The molecule has 2 N–H and O–H groups in total. The fourth-order valence-electron chi connectivity index (χ4n) is 2.04. The molecule has 0 aliphatic carbocycles. The first-order valence-corrected chi connectivity index (χ1v) is 8.55. The third-order valence-corrected chi connectivity index (χ3v) is 4.02. The van der Waals surface area contributed by atoms with E-state index in [0.29, 0.717) is 23.2 Å². The summed E-state index contributed by atoms with van der Waals surface area (Å²) in [5.41, 5.74) is 5.26. The van der Waals surface area contributed by atoms with Crippen LogP contribution in [0.4, 0.5) is 0 Å². The van der Waals surface area contributed by atoms with Crippen LogP contribution in [0.3, 0.4) is 0 Å². The summed E-state index contributed by atoms with van der Waals surface area (Å²) in [5.74, 6) is 0.111. The van der Waals surface area contributed by atoms with Crippen LogP contribution in [0.15, 0.2) is 59.1 Å². The third kappa shape index (κ3) is 6.56. The van der Waals surface area contributed by atoms with E-state index in [1.54, 1.807) is 18.2 Å². The van der Waals surface area contributed by atoms with Gasteiger partial charge in [-0.2, -0.15) is 0 Å². The number of amides is 2. The van der Waals surface area contributed by atoms with Gasteiger partial charge in [0, 0.05) is 11.0 Å². The molecule has 0 unspecified atom stereocenters. The zero-order chi connectivity index (χ0) is 18.1. The number of nitrogens with zero attached hydrogens (tertiary/aromatic N) is 1. The number of ether oxygens (including phenoxy) is 1. The predicted molar refractivity (Wildman–Crippen MR) is 99.2 cm³/mol. The maximum Gasteiger partial charge on any atom is 0.270 e. The standard InChI is InChI=1S/C18H20BrN3O3/c1-22(11-12-25-14-7-3-2-4-8-14)13-17(23)20-21-18(24)15-9-5-6-10-16(15)19/h2-10H,11-13H2,1H3,(H,20,23)(H,21,24). The van der Waals surface area contributed by atoms with Crippen molar-refractivity contribution in [3.63, 3.8) is 0 Å². The van der Waals surface area contributed by atoms with Crippen molar-refractivity contribution in [2.24, 2.45) is 0 Å². The van der Waals surface area contributed by atoms with Gasteiger partial charge in [0.15, 0.2) is 0 Å². The Morgan fingerprint density at radius 3 is 2.44 bits per heavy atom. The van der Waals surface area contributed by atoms with Gasteiger partial charge in [-0.25, -0.2) is 0 Å². The molecule has 0 radical (unpaired) electrons. The van der Waals surface area contributed by atoms with Gasteiger partial charge < -0.3 is 4.74 Å². The zero-order valence-electron chi connectivity index (χ0n) is 13.9. The van der Waals surface area contributed by atoms with Gasteiger partial charge in [-0.05, 0) is 47.2 Å². The average Bonchev–Trinajstić information content (AvgIpc) is 2.61. The summed E-state index contributed by atoms with van der Waals surface area (Å²) in [7, 11) is 1.81. The fourth-order valence-corrected chi connectivity index (χ4v) is 2.50. The Balaban J connectivity index is 1.67. The lowest BCUT2D eigenvalue weighted by Gasteiger charge is -2.17. The van der Waals surface area contributed by atoms with E-state index in [-0.39, 0.29) is 18.4 Å². The van der Waals surface area contributed by atoms with Gasteiger partial charge >= 0.3 is 0 Å². The highest BCUT2D eigenvalue weighted by Gasteiger charge is 2.11. The molecule has 2 rings (SSSR count). The molecule has 6 nitrogen and oxygen atoms in total. The van der Waals surface area contributed by atoms with Gasteiger partial charge in [-0.1, -0.05) is 30.3 Å². The number of nitrogens with one attached hydrogen (secondary N) is 2. The number of carbonyl (C=O) groups excluding carboxylic acids is 2. The van der Waals surface area contributed by atoms with Crippen LogP contribution >= 0.6 is 15.9 Å². The second-order valence-corrected chi connectivity index (χ2v) is 6.24. The van der Waals surface area contributed by atoms with Crippen molar-refractivity contribution < 1.29 is 14.3 Å². The molecule has 7 heteroatoms. The average molecular weight is 406 g/mol. The Bertz CT molecular complexity index is 710. The highest BCUT2D eigenvalue weighted by molar-refractivity contribution is 9.10. The maximum absolute atomic E-state index is 12.0. The SMILES string of the molecule is CN(CCOc1ccccc1)CC(=O)NNC(=O)c1ccccc1Br. The van der Waals surface area contributed by atoms with Gasteiger partial charge in [0.1, 0.15) is 12.4 Å². The fraction of sp³-hybridized carbons (Fsp3) is 0.222. The molecule has 0 heterocycles. The Morgan fingerprint density at radius 1 is 1.04 bits per heavy atom. The smallest absolute Gasteiger partial charge is 0.270 e. The van der Waals surface area contributed by atoms with E-state index in [1.165, 1.54) is 0 Å². The molecule has 0 atom stereocenters. The molecule has 0 aliphatic rings. The molecule has 132 valence electrons. The lowest BCUT2D eigenvalue weighted by atomic mass is 10.2. The van der Waals surface area contributed by atoms with Crippen LogP contribution in [0.1, 0.15) is 10.4 Å². The number of hydrazine groups is 1. The van der Waals surface area contributed by atoms with Crippen LogP contribution in [-0.4, -0.2) is 43.5 Å². The minimum absolute atomic E-state index is 0.147. The van der Waals surface area contributed by atoms with Crippen molar-refractivity contribution in [2.75, 3.05) is 26.7 Å². The number of para-hydroxylation sites is 1. The van der Waals surface area contributed by atoms with E-state index in [1.807, 2.05) is 48.3 Å². The molecule has 0 aromatic heterocycles. The van der Waals surface area contributed by atoms with Gasteiger partial charge in [0.2, 0.25) is 0 Å². The summed E-state index contributed by atoms with van der Waals surface area (Å²) in [6.07, 6.45) is 0. The Morgan fingerprint density at radius 2 is 1.72 bits per heavy atom. The first kappa shape index (κ1) is 19.0. The van der Waals surface area contributed by atoms with Gasteiger partial charge in [0.05, 0.1) is 12.1 Å². The molecule has 2 amide bonds. The second kappa shape index (κ2) is 9.80. The van der Waals surface area contributed by atoms with Crippen LogP contribution < -0.4 is 15.6 Å². The molecule has 0 bridgehead atoms. The molecule has 25 heavy (non-hydrogen) atoms. The number of likely N-dealkylation sites (N-methyl/N-ethyl adjacent to an activating group) is 1. The number of benzene rings is 2. The molecular weight excluding hydrogens is 386 g/mol. The number of hydrogen-bond acceptors (Lipinski definition) is 4. The highest BCUT2D eigenvalue weighted by Crippen LogP contribution is 2.15. The molecular formula is C18H20BrN3O3. The van der Waals surface area contributed by atoms with Crippen molar-refractivity contribution in [1.82, 2.24) is 15.8 Å². The third-order valence-electron chi connectivity index (χ3n) is 3.33. The summed E-state index contributed by atoms with van der Waals surface area (Å²) in [6, 6.07) is 16.5. The van der Waals surface area contributed by atoms with E-state index in [4.69, 9.17) is 4.74 Å². The van der Waals surface area contributed by atoms with E-state index >= 15 is 0 Å². The van der Waals surface area contributed by atoms with E-state index in [9.17, 15) is 9.59 Å². The molecule has 0 saturated heterocycles. The lowest BCUT2D eigenvalue weighted by molar-refractivity contribution is -0.122. The first-order chi connectivity index (χ1) is 12.1. The zero-order valence-corrected chi connectivity index (χ0v) is 15.5. The topological polar surface area (TPSA) is 70.7 Å². The number of carbonyl (C=O) groups is 2. The monoisotopic (exact) mass is 405 g/mol. The molecule has 0 saturated carbocycles. The normalized spacial score (nSPS) is 10.4. The van der Waals surface area contributed by atoms with Gasteiger partial charge in [-0.3, -0.25) is 25.3 Å². The molecule has 2 aromatic carbocycles. The molecule has 0 spiro atoms. The summed E-state index contributed by atoms with van der Waals surface area (Å²) in [5, 5.41) is 0. The van der Waals surface area contributed by atoms with Crippen LogP contribution in [0.2, 0.25) is 0 Å². The summed E-state index contributed by atoms with van der Waals surface area (Å²) in [4.78, 5) is 25.7. The summed E-state index contributed by atoms with van der Waals surface area (Å²) in [6.45, 7) is 1.20. The van der Waals surface area contributed by atoms with E-state index in [2.05, 4.69) is 26.8 Å². The van der Waals surface area contributed by atoms with Gasteiger partial charge in [-0.15, -0.1) is 0 Å². The van der Waals surface area contributed by atoms with Crippen LogP contribution in [0.5, 0.6) is 5.75 Å². The first-order valence-electron chi connectivity index (χ1n) is 7.76. The van der Waals surface area contributed by atoms with Crippen molar-refractivity contribution in [3.05, 3.63) is 64.6 Å². The Labute approximate surface area is 155 Å². The predicted octanol–water partition coefficient (Wildman–Crippen LogP) is 2.22. The largest absolute Gasteiger partial charge is 0.492 e. The van der Waals surface area contributed by atoms with Crippen molar-refractivity contribution >= 4 is 27.7 Å². The molecule has 0 aliphatic heterocycles. The quantitative estimate of drug-likeness (QED) is 0.692. The Hall–Kier alpha value is -2.38. The van der Waals surface area contributed by atoms with Crippen LogP contribution in [-0.2, 0) is 4.79 Å². The maximum atomic E-state index is 12.0. The van der Waals surface area contributed by atoms with Crippen molar-refractivity contribution in [2.45, 2.75) is 0 Å². The Kier molecular flexibility index (Phi) is 7.43. The van der Waals surface area contributed by atoms with Crippen molar-refractivity contribution in [3.8, 4) is 5.75 Å². The van der Waals surface area contributed by atoms with Crippen LogP contribution in [0.25, 0.3) is 0 Å². The lowest BCUT2D eigenvalue weighted by Crippen LogP contribution is -2.46. The minimum atomic E-state index is -0.379. The van der Waals surface area contributed by atoms with Crippen molar-refractivity contribution in [1.29, 1.82) is 0 Å². The highest BCUT2D eigenvalue weighted by atomic mass is 79.9. The number of rotatable bonds is 7. The molecule has 2 aromatic rings.